The van der Waals surface area contributed by atoms with Crippen molar-refractivity contribution >= 4 is 11.9 Å². The third kappa shape index (κ3) is 3.96. The Bertz CT molecular complexity index is 557. The summed E-state index contributed by atoms with van der Waals surface area (Å²) < 4.78 is 38.2. The second-order valence-electron chi connectivity index (χ2n) is 5.31. The first-order valence-corrected chi connectivity index (χ1v) is 6.84. The third-order valence-electron chi connectivity index (χ3n) is 3.72. The van der Waals surface area contributed by atoms with Gasteiger partial charge < -0.3 is 10.4 Å². The van der Waals surface area contributed by atoms with Gasteiger partial charge in [-0.1, -0.05) is 6.42 Å². The van der Waals surface area contributed by atoms with Crippen molar-refractivity contribution in [2.45, 2.75) is 37.9 Å². The Balaban J connectivity index is 1.98. The number of carbonyl (C=O) groups is 2. The Kier molecular flexibility index (Phi) is 4.68. The maximum atomic E-state index is 12.7. The largest absolute Gasteiger partial charge is 0.477 e. The first kappa shape index (κ1) is 16.3. The summed E-state index contributed by atoms with van der Waals surface area (Å²) in [6.45, 7) is 0. The van der Waals surface area contributed by atoms with Gasteiger partial charge in [-0.2, -0.15) is 13.2 Å². The van der Waals surface area contributed by atoms with Crippen LogP contribution in [-0.2, 0) is 0 Å². The van der Waals surface area contributed by atoms with E-state index in [-0.39, 0.29) is 24.1 Å². The van der Waals surface area contributed by atoms with Crippen LogP contribution in [-0.4, -0.2) is 34.2 Å². The molecule has 1 heterocycles. The molecule has 0 bridgehead atoms. The van der Waals surface area contributed by atoms with Crippen molar-refractivity contribution in [3.05, 3.63) is 29.6 Å². The minimum atomic E-state index is -4.24. The number of rotatable bonds is 3. The number of carboxylic acid groups (broad SMARTS) is 1. The first-order chi connectivity index (χ1) is 10.3. The SMILES string of the molecule is O=C(N[C@@H]1CCC[C@@H](C(F)(F)F)C1)c1ccc(C(=O)O)nc1. The summed E-state index contributed by atoms with van der Waals surface area (Å²) in [5.74, 6) is -3.15. The second kappa shape index (κ2) is 6.33. The topological polar surface area (TPSA) is 79.3 Å². The van der Waals surface area contributed by atoms with Crippen molar-refractivity contribution in [1.29, 1.82) is 0 Å². The Morgan fingerprint density at radius 3 is 2.55 bits per heavy atom. The van der Waals surface area contributed by atoms with Crippen molar-refractivity contribution in [1.82, 2.24) is 10.3 Å². The summed E-state index contributed by atoms with van der Waals surface area (Å²) in [7, 11) is 0. The number of carbonyl (C=O) groups excluding carboxylic acids is 1. The van der Waals surface area contributed by atoms with Crippen LogP contribution in [0.15, 0.2) is 18.3 Å². The molecular formula is C14H15F3N2O3. The Morgan fingerprint density at radius 1 is 1.27 bits per heavy atom. The number of nitrogens with zero attached hydrogens (tertiary/aromatic N) is 1. The molecule has 1 aliphatic carbocycles. The fourth-order valence-electron chi connectivity index (χ4n) is 2.54. The van der Waals surface area contributed by atoms with Gasteiger partial charge in [-0.25, -0.2) is 9.78 Å². The molecule has 2 atom stereocenters. The molecule has 1 aromatic rings. The van der Waals surface area contributed by atoms with Crippen LogP contribution in [0.2, 0.25) is 0 Å². The van der Waals surface area contributed by atoms with Gasteiger partial charge in [0.2, 0.25) is 0 Å². The lowest BCUT2D eigenvalue weighted by Gasteiger charge is -2.31. The molecule has 1 aromatic heterocycles. The fraction of sp³-hybridized carbons (Fsp3) is 0.500. The molecule has 1 amide bonds. The van der Waals surface area contributed by atoms with E-state index in [2.05, 4.69) is 10.3 Å². The molecule has 1 saturated carbocycles. The summed E-state index contributed by atoms with van der Waals surface area (Å²) in [6, 6.07) is 1.93. The highest BCUT2D eigenvalue weighted by atomic mass is 19.4. The van der Waals surface area contributed by atoms with Crippen LogP contribution in [0.1, 0.15) is 46.5 Å². The zero-order valence-corrected chi connectivity index (χ0v) is 11.6. The van der Waals surface area contributed by atoms with Crippen LogP contribution in [0, 0.1) is 5.92 Å². The number of hydrogen-bond donors (Lipinski definition) is 2. The number of pyridine rings is 1. The molecule has 120 valence electrons. The van der Waals surface area contributed by atoms with E-state index in [9.17, 15) is 22.8 Å². The number of hydrogen-bond acceptors (Lipinski definition) is 3. The first-order valence-electron chi connectivity index (χ1n) is 6.84. The maximum absolute atomic E-state index is 12.7. The number of amides is 1. The summed E-state index contributed by atoms with van der Waals surface area (Å²) in [6.07, 6.45) is -2.28. The minimum Gasteiger partial charge on any atom is -0.477 e. The predicted octanol–water partition coefficient (Wildman–Crippen LogP) is 2.63. The molecule has 0 radical (unpaired) electrons. The Morgan fingerprint density at radius 2 is 2.00 bits per heavy atom. The molecule has 0 unspecified atom stereocenters. The van der Waals surface area contributed by atoms with Crippen LogP contribution < -0.4 is 5.32 Å². The number of alkyl halides is 3. The van der Waals surface area contributed by atoms with Gasteiger partial charge in [0.1, 0.15) is 5.69 Å². The number of carboxylic acids is 1. The zero-order valence-electron chi connectivity index (χ0n) is 11.6. The van der Waals surface area contributed by atoms with E-state index in [1.807, 2.05) is 0 Å². The monoisotopic (exact) mass is 316 g/mol. The number of nitrogens with one attached hydrogen (secondary N) is 1. The van der Waals surface area contributed by atoms with Gasteiger partial charge in [-0.15, -0.1) is 0 Å². The van der Waals surface area contributed by atoms with Gasteiger partial charge >= 0.3 is 12.1 Å². The molecule has 1 fully saturated rings. The van der Waals surface area contributed by atoms with E-state index in [4.69, 9.17) is 5.11 Å². The molecule has 0 aliphatic heterocycles. The quantitative estimate of drug-likeness (QED) is 0.898. The van der Waals surface area contributed by atoms with Gasteiger partial charge in [0, 0.05) is 12.2 Å². The van der Waals surface area contributed by atoms with Crippen molar-refractivity contribution < 1.29 is 27.9 Å². The van der Waals surface area contributed by atoms with E-state index in [0.29, 0.717) is 12.8 Å². The van der Waals surface area contributed by atoms with Gasteiger partial charge in [-0.3, -0.25) is 4.79 Å². The molecule has 2 N–H and O–H groups in total. The van der Waals surface area contributed by atoms with Crippen molar-refractivity contribution in [2.75, 3.05) is 0 Å². The molecule has 2 rings (SSSR count). The smallest absolute Gasteiger partial charge is 0.391 e. The molecule has 8 heteroatoms. The predicted molar refractivity (Wildman–Crippen MR) is 70.5 cm³/mol. The lowest BCUT2D eigenvalue weighted by Crippen LogP contribution is -2.41. The normalized spacial score (nSPS) is 22.1. The van der Waals surface area contributed by atoms with Crippen LogP contribution in [0.5, 0.6) is 0 Å². The Hall–Kier alpha value is -2.12. The van der Waals surface area contributed by atoms with Gasteiger partial charge in [0.15, 0.2) is 0 Å². The van der Waals surface area contributed by atoms with Crippen LogP contribution in [0.4, 0.5) is 13.2 Å². The molecule has 22 heavy (non-hydrogen) atoms. The lowest BCUT2D eigenvalue weighted by atomic mass is 9.85. The molecule has 0 aromatic carbocycles. The van der Waals surface area contributed by atoms with Crippen molar-refractivity contribution in [3.8, 4) is 0 Å². The lowest BCUT2D eigenvalue weighted by molar-refractivity contribution is -0.183. The highest BCUT2D eigenvalue weighted by Gasteiger charge is 2.42. The van der Waals surface area contributed by atoms with Crippen molar-refractivity contribution in [3.63, 3.8) is 0 Å². The van der Waals surface area contributed by atoms with Gasteiger partial charge in [0.05, 0.1) is 11.5 Å². The average Bonchev–Trinajstić information content (AvgIpc) is 2.46. The molecule has 1 aliphatic rings. The summed E-state index contributed by atoms with van der Waals surface area (Å²) in [4.78, 5) is 26.2. The number of halogens is 3. The van der Waals surface area contributed by atoms with E-state index in [1.54, 1.807) is 0 Å². The Labute approximate surface area is 124 Å². The molecule has 0 spiro atoms. The van der Waals surface area contributed by atoms with Crippen LogP contribution in [0.3, 0.4) is 0 Å². The zero-order chi connectivity index (χ0) is 16.3. The fourth-order valence-corrected chi connectivity index (χ4v) is 2.54. The molecule has 5 nitrogen and oxygen atoms in total. The standard InChI is InChI=1S/C14H15F3N2O3/c15-14(16,17)9-2-1-3-10(6-9)19-12(20)8-4-5-11(13(21)22)18-7-8/h4-5,7,9-10H,1-3,6H2,(H,19,20)(H,21,22)/t9-,10-/m1/s1. The number of aromatic carboxylic acids is 1. The van der Waals surface area contributed by atoms with E-state index in [1.165, 1.54) is 12.1 Å². The van der Waals surface area contributed by atoms with Crippen LogP contribution in [0.25, 0.3) is 0 Å². The van der Waals surface area contributed by atoms with Crippen LogP contribution >= 0.6 is 0 Å². The number of aromatic nitrogens is 1. The minimum absolute atomic E-state index is 0.0880. The van der Waals surface area contributed by atoms with Gasteiger partial charge in [-0.05, 0) is 31.4 Å². The molecular weight excluding hydrogens is 301 g/mol. The van der Waals surface area contributed by atoms with Crippen molar-refractivity contribution in [2.24, 2.45) is 5.92 Å². The third-order valence-corrected chi connectivity index (χ3v) is 3.72. The maximum Gasteiger partial charge on any atom is 0.391 e. The summed E-state index contributed by atoms with van der Waals surface area (Å²) in [5, 5.41) is 11.3. The van der Waals surface area contributed by atoms with E-state index >= 15 is 0 Å². The highest BCUT2D eigenvalue weighted by molar-refractivity contribution is 5.95. The van der Waals surface area contributed by atoms with Gasteiger partial charge in [0.25, 0.3) is 5.91 Å². The highest BCUT2D eigenvalue weighted by Crippen LogP contribution is 2.37. The summed E-state index contributed by atoms with van der Waals surface area (Å²) >= 11 is 0. The molecule has 0 saturated heterocycles. The van der Waals surface area contributed by atoms with E-state index in [0.717, 1.165) is 6.20 Å². The average molecular weight is 316 g/mol. The van der Waals surface area contributed by atoms with E-state index < -0.39 is 30.0 Å². The summed E-state index contributed by atoms with van der Waals surface area (Å²) in [5.41, 5.74) is -0.0783. The second-order valence-corrected chi connectivity index (χ2v) is 5.31.